The van der Waals surface area contributed by atoms with Gasteiger partial charge in [0.2, 0.25) is 0 Å². The molecule has 0 atom stereocenters. The van der Waals surface area contributed by atoms with Gasteiger partial charge in [-0.2, -0.15) is 0 Å². The number of ether oxygens (including phenoxy) is 2. The summed E-state index contributed by atoms with van der Waals surface area (Å²) in [6.07, 6.45) is 1.22. The van der Waals surface area contributed by atoms with Gasteiger partial charge >= 0.3 is 5.97 Å². The molecule has 0 fully saturated rings. The maximum absolute atomic E-state index is 11.3. The van der Waals surface area contributed by atoms with E-state index in [1.54, 1.807) is 24.3 Å². The number of para-hydroxylation sites is 1. The summed E-state index contributed by atoms with van der Waals surface area (Å²) in [7, 11) is 0. The molecule has 0 amide bonds. The minimum atomic E-state index is -0.209. The van der Waals surface area contributed by atoms with E-state index < -0.39 is 0 Å². The molecule has 0 aromatic heterocycles. The van der Waals surface area contributed by atoms with Crippen LogP contribution in [0.2, 0.25) is 0 Å². The van der Waals surface area contributed by atoms with Gasteiger partial charge < -0.3 is 9.47 Å². The van der Waals surface area contributed by atoms with E-state index in [4.69, 9.17) is 9.47 Å². The Morgan fingerprint density at radius 2 is 1.47 bits per heavy atom. The highest BCUT2D eigenvalue weighted by molar-refractivity contribution is 5.72. The van der Waals surface area contributed by atoms with Crippen molar-refractivity contribution in [1.29, 1.82) is 0 Å². The number of benzene rings is 2. The molecule has 3 nitrogen and oxygen atoms in total. The average Bonchev–Trinajstić information content (AvgIpc) is 2.42. The minimum absolute atomic E-state index is 0.209. The topological polar surface area (TPSA) is 35.5 Å². The Morgan fingerprint density at radius 1 is 0.895 bits per heavy atom. The molecule has 2 aromatic carbocycles. The Hall–Kier alpha value is -2.29. The molecule has 98 valence electrons. The lowest BCUT2D eigenvalue weighted by Crippen LogP contribution is -2.06. The second kappa shape index (κ2) is 6.59. The molecule has 0 radical (unpaired) electrons. The van der Waals surface area contributed by atoms with E-state index in [1.807, 2.05) is 37.3 Å². The van der Waals surface area contributed by atoms with Gasteiger partial charge in [0, 0.05) is 6.42 Å². The van der Waals surface area contributed by atoms with E-state index in [1.165, 1.54) is 0 Å². The summed E-state index contributed by atoms with van der Waals surface area (Å²) < 4.78 is 10.8. The number of hydrogen-bond acceptors (Lipinski definition) is 3. The zero-order chi connectivity index (χ0) is 13.5. The van der Waals surface area contributed by atoms with Gasteiger partial charge in [-0.3, -0.25) is 4.79 Å². The van der Waals surface area contributed by atoms with E-state index >= 15 is 0 Å². The molecular weight excluding hydrogens is 240 g/mol. The average molecular weight is 256 g/mol. The van der Waals surface area contributed by atoms with Gasteiger partial charge in [0.1, 0.15) is 17.2 Å². The van der Waals surface area contributed by atoms with Gasteiger partial charge in [-0.25, -0.2) is 0 Å². The highest BCUT2D eigenvalue weighted by Crippen LogP contribution is 2.23. The van der Waals surface area contributed by atoms with Crippen molar-refractivity contribution in [3.05, 3.63) is 54.6 Å². The molecule has 0 aliphatic carbocycles. The van der Waals surface area contributed by atoms with Crippen LogP contribution in [-0.4, -0.2) is 5.97 Å². The fourth-order valence-electron chi connectivity index (χ4n) is 1.59. The lowest BCUT2D eigenvalue weighted by molar-refractivity contribution is -0.134. The summed E-state index contributed by atoms with van der Waals surface area (Å²) >= 11 is 0. The van der Waals surface area contributed by atoms with Crippen LogP contribution in [0.1, 0.15) is 19.8 Å². The van der Waals surface area contributed by atoms with Crippen molar-refractivity contribution < 1.29 is 14.3 Å². The predicted octanol–water partition coefficient (Wildman–Crippen LogP) is 4.18. The third kappa shape index (κ3) is 4.14. The minimum Gasteiger partial charge on any atom is -0.457 e. The van der Waals surface area contributed by atoms with Crippen molar-refractivity contribution in [1.82, 2.24) is 0 Å². The summed E-state index contributed by atoms with van der Waals surface area (Å²) in [4.78, 5) is 11.3. The van der Waals surface area contributed by atoms with Gasteiger partial charge in [-0.05, 0) is 42.8 Å². The summed E-state index contributed by atoms with van der Waals surface area (Å²) in [6.45, 7) is 1.94. The Bertz CT molecular complexity index is 517. The van der Waals surface area contributed by atoms with Crippen LogP contribution in [0.4, 0.5) is 0 Å². The fraction of sp³-hybridized carbons (Fsp3) is 0.188. The Kier molecular flexibility index (Phi) is 4.56. The molecule has 0 unspecified atom stereocenters. The first-order chi connectivity index (χ1) is 9.28. The predicted molar refractivity (Wildman–Crippen MR) is 73.5 cm³/mol. The van der Waals surface area contributed by atoms with Crippen molar-refractivity contribution >= 4 is 5.97 Å². The summed E-state index contributed by atoms with van der Waals surface area (Å²) in [5.74, 6) is 1.82. The van der Waals surface area contributed by atoms with Crippen molar-refractivity contribution in [3.8, 4) is 17.2 Å². The van der Waals surface area contributed by atoms with Gasteiger partial charge in [0.25, 0.3) is 0 Å². The molecule has 2 rings (SSSR count). The molecule has 0 saturated carbocycles. The maximum atomic E-state index is 11.3. The molecular formula is C16H16O3. The van der Waals surface area contributed by atoms with Crippen LogP contribution < -0.4 is 9.47 Å². The fourth-order valence-corrected chi connectivity index (χ4v) is 1.59. The molecule has 19 heavy (non-hydrogen) atoms. The smallest absolute Gasteiger partial charge is 0.311 e. The monoisotopic (exact) mass is 256 g/mol. The summed E-state index contributed by atoms with van der Waals surface area (Å²) in [5, 5.41) is 0. The Labute approximate surface area is 112 Å². The van der Waals surface area contributed by atoms with Crippen LogP contribution in [0.3, 0.4) is 0 Å². The third-order valence-corrected chi connectivity index (χ3v) is 2.49. The van der Waals surface area contributed by atoms with Crippen LogP contribution in [-0.2, 0) is 4.79 Å². The van der Waals surface area contributed by atoms with Gasteiger partial charge in [0.05, 0.1) is 0 Å². The molecule has 0 heterocycles. The van der Waals surface area contributed by atoms with Crippen LogP contribution >= 0.6 is 0 Å². The van der Waals surface area contributed by atoms with Crippen molar-refractivity contribution in [2.45, 2.75) is 19.8 Å². The van der Waals surface area contributed by atoms with Gasteiger partial charge in [-0.15, -0.1) is 0 Å². The molecule has 3 heteroatoms. The van der Waals surface area contributed by atoms with Gasteiger partial charge in [-0.1, -0.05) is 25.1 Å². The number of rotatable bonds is 5. The first-order valence-corrected chi connectivity index (χ1v) is 6.31. The zero-order valence-corrected chi connectivity index (χ0v) is 10.8. The summed E-state index contributed by atoms with van der Waals surface area (Å²) in [5.41, 5.74) is 0. The number of carbonyl (C=O) groups excluding carboxylic acids is 1. The SMILES string of the molecule is CCCC(=O)Oc1ccc(Oc2ccccc2)cc1. The number of hydrogen-bond donors (Lipinski definition) is 0. The highest BCUT2D eigenvalue weighted by Gasteiger charge is 2.03. The largest absolute Gasteiger partial charge is 0.457 e. The number of carbonyl (C=O) groups is 1. The quantitative estimate of drug-likeness (QED) is 0.594. The Balaban J connectivity index is 1.97. The van der Waals surface area contributed by atoms with Crippen molar-refractivity contribution in [2.75, 3.05) is 0 Å². The van der Waals surface area contributed by atoms with E-state index in [-0.39, 0.29) is 5.97 Å². The van der Waals surface area contributed by atoms with Crippen molar-refractivity contribution in [3.63, 3.8) is 0 Å². The Morgan fingerprint density at radius 3 is 2.11 bits per heavy atom. The second-order valence-electron chi connectivity index (χ2n) is 4.11. The molecule has 0 aliphatic rings. The first kappa shape index (κ1) is 13.1. The van der Waals surface area contributed by atoms with Crippen LogP contribution in [0, 0.1) is 0 Å². The first-order valence-electron chi connectivity index (χ1n) is 6.31. The summed E-state index contributed by atoms with van der Waals surface area (Å²) in [6, 6.07) is 16.5. The lowest BCUT2D eigenvalue weighted by Gasteiger charge is -2.07. The third-order valence-electron chi connectivity index (χ3n) is 2.49. The van der Waals surface area contributed by atoms with E-state index in [0.717, 1.165) is 12.2 Å². The molecule has 0 spiro atoms. The standard InChI is InChI=1S/C16H16O3/c1-2-6-16(17)19-15-11-9-14(10-12-15)18-13-7-4-3-5-8-13/h3-5,7-12H,2,6H2,1H3. The van der Waals surface area contributed by atoms with Crippen LogP contribution in [0.5, 0.6) is 17.2 Å². The second-order valence-corrected chi connectivity index (χ2v) is 4.11. The molecule has 0 aliphatic heterocycles. The molecule has 2 aromatic rings. The zero-order valence-electron chi connectivity index (χ0n) is 10.8. The van der Waals surface area contributed by atoms with Crippen LogP contribution in [0.25, 0.3) is 0 Å². The lowest BCUT2D eigenvalue weighted by atomic mass is 10.3. The maximum Gasteiger partial charge on any atom is 0.311 e. The molecule has 0 bridgehead atoms. The molecule has 0 saturated heterocycles. The van der Waals surface area contributed by atoms with Crippen LogP contribution in [0.15, 0.2) is 54.6 Å². The highest BCUT2D eigenvalue weighted by atomic mass is 16.5. The number of esters is 1. The van der Waals surface area contributed by atoms with Crippen molar-refractivity contribution in [2.24, 2.45) is 0 Å². The van der Waals surface area contributed by atoms with E-state index in [0.29, 0.717) is 17.9 Å². The van der Waals surface area contributed by atoms with E-state index in [2.05, 4.69) is 0 Å². The van der Waals surface area contributed by atoms with Gasteiger partial charge in [0.15, 0.2) is 0 Å². The van der Waals surface area contributed by atoms with E-state index in [9.17, 15) is 4.79 Å². The normalized spacial score (nSPS) is 9.95. The molecule has 0 N–H and O–H groups in total.